The summed E-state index contributed by atoms with van der Waals surface area (Å²) >= 11 is 4.47. The number of sulfonamides is 1. The van der Waals surface area contributed by atoms with E-state index in [2.05, 4.69) is 27.6 Å². The van der Waals surface area contributed by atoms with Crippen LogP contribution in [0.25, 0.3) is 0 Å². The third-order valence-corrected chi connectivity index (χ3v) is 6.60. The first-order valence-electron chi connectivity index (χ1n) is 5.33. The largest absolute Gasteiger partial charge is 0.391 e. The van der Waals surface area contributed by atoms with Gasteiger partial charge in [-0.1, -0.05) is 6.92 Å². The summed E-state index contributed by atoms with van der Waals surface area (Å²) in [7, 11) is -3.46. The third-order valence-electron chi connectivity index (χ3n) is 2.85. The van der Waals surface area contributed by atoms with E-state index in [-0.39, 0.29) is 17.5 Å². The second-order valence-electron chi connectivity index (χ2n) is 4.40. The van der Waals surface area contributed by atoms with E-state index in [1.54, 1.807) is 0 Å². The molecule has 1 aromatic heterocycles. The molecular weight excluding hydrogens is 326 g/mol. The van der Waals surface area contributed by atoms with Crippen LogP contribution in [0.1, 0.15) is 24.6 Å². The molecule has 4 nitrogen and oxygen atoms in total. The van der Waals surface area contributed by atoms with E-state index in [1.165, 1.54) is 17.4 Å². The van der Waals surface area contributed by atoms with Crippen LogP contribution in [0.15, 0.2) is 14.7 Å². The number of halogens is 1. The fourth-order valence-corrected chi connectivity index (χ4v) is 5.74. The molecule has 2 rings (SSSR count). The van der Waals surface area contributed by atoms with E-state index in [9.17, 15) is 8.42 Å². The van der Waals surface area contributed by atoms with Gasteiger partial charge >= 0.3 is 0 Å². The highest BCUT2D eigenvalue weighted by molar-refractivity contribution is 9.11. The van der Waals surface area contributed by atoms with Crippen molar-refractivity contribution in [2.24, 2.45) is 5.92 Å². The molecule has 1 aliphatic rings. The molecule has 0 unspecified atom stereocenters. The Morgan fingerprint density at radius 3 is 2.71 bits per heavy atom. The van der Waals surface area contributed by atoms with Gasteiger partial charge in [-0.15, -0.1) is 11.3 Å². The summed E-state index contributed by atoms with van der Waals surface area (Å²) in [5.74, 6) is 0.599. The molecule has 0 aliphatic heterocycles. The summed E-state index contributed by atoms with van der Waals surface area (Å²) < 4.78 is 27.4. The summed E-state index contributed by atoms with van der Waals surface area (Å²) in [5.41, 5.74) is 0. The van der Waals surface area contributed by atoms with Gasteiger partial charge in [-0.2, -0.15) is 0 Å². The fourth-order valence-electron chi connectivity index (χ4n) is 1.94. The molecular formula is C10H14BrNO3S2. The van der Waals surface area contributed by atoms with E-state index in [4.69, 9.17) is 5.11 Å². The molecule has 1 aromatic rings. The van der Waals surface area contributed by atoms with Crippen molar-refractivity contribution < 1.29 is 13.5 Å². The van der Waals surface area contributed by atoms with E-state index in [0.29, 0.717) is 14.6 Å². The van der Waals surface area contributed by atoms with Crippen LogP contribution in [0, 0.1) is 5.92 Å². The maximum Gasteiger partial charge on any atom is 0.242 e. The van der Waals surface area contributed by atoms with Crippen LogP contribution in [0.3, 0.4) is 0 Å². The summed E-state index contributed by atoms with van der Waals surface area (Å²) in [4.78, 5) is 0.866. The number of hydrogen-bond donors (Lipinski definition) is 2. The Bertz CT molecular complexity index is 506. The number of rotatable bonds is 4. The second-order valence-corrected chi connectivity index (χ2v) is 8.54. The Labute approximate surface area is 113 Å². The van der Waals surface area contributed by atoms with Crippen molar-refractivity contribution in [3.63, 3.8) is 0 Å². The van der Waals surface area contributed by atoms with E-state index >= 15 is 0 Å². The maximum absolute atomic E-state index is 12.1. The molecule has 0 spiro atoms. The third kappa shape index (κ3) is 2.90. The fraction of sp³-hybridized carbons (Fsp3) is 0.600. The van der Waals surface area contributed by atoms with Crippen molar-refractivity contribution in [1.82, 2.24) is 4.72 Å². The zero-order valence-corrected chi connectivity index (χ0v) is 12.5. The molecule has 17 heavy (non-hydrogen) atoms. The van der Waals surface area contributed by atoms with Gasteiger partial charge in [-0.3, -0.25) is 0 Å². The van der Waals surface area contributed by atoms with E-state index in [1.807, 2.05) is 0 Å². The molecule has 0 atom stereocenters. The monoisotopic (exact) mass is 339 g/mol. The Balaban J connectivity index is 2.16. The van der Waals surface area contributed by atoms with Crippen LogP contribution in [-0.2, 0) is 16.6 Å². The topological polar surface area (TPSA) is 66.4 Å². The first-order valence-corrected chi connectivity index (χ1v) is 8.43. The minimum atomic E-state index is -3.46. The average molecular weight is 340 g/mol. The maximum atomic E-state index is 12.1. The van der Waals surface area contributed by atoms with Gasteiger partial charge in [-0.25, -0.2) is 13.1 Å². The number of aliphatic hydroxyl groups is 1. The van der Waals surface area contributed by atoms with Gasteiger partial charge in [0.25, 0.3) is 0 Å². The van der Waals surface area contributed by atoms with Crippen molar-refractivity contribution >= 4 is 37.3 Å². The molecule has 0 bridgehead atoms. The minimum Gasteiger partial charge on any atom is -0.391 e. The van der Waals surface area contributed by atoms with Gasteiger partial charge in [0.15, 0.2) is 0 Å². The molecule has 1 heterocycles. The summed E-state index contributed by atoms with van der Waals surface area (Å²) in [6.07, 6.45) is 1.79. The lowest BCUT2D eigenvalue weighted by atomic mass is 9.83. The summed E-state index contributed by atoms with van der Waals surface area (Å²) in [5, 5.41) is 8.99. The number of aliphatic hydroxyl groups excluding tert-OH is 1. The molecule has 7 heteroatoms. The Hall–Kier alpha value is 0.0500. The lowest BCUT2D eigenvalue weighted by Gasteiger charge is -2.32. The van der Waals surface area contributed by atoms with Crippen molar-refractivity contribution in [2.75, 3.05) is 0 Å². The van der Waals surface area contributed by atoms with Gasteiger partial charge in [0.2, 0.25) is 10.0 Å². The number of nitrogens with one attached hydrogen (secondary N) is 1. The number of hydrogen-bond acceptors (Lipinski definition) is 4. The lowest BCUT2D eigenvalue weighted by Crippen LogP contribution is -2.43. The lowest BCUT2D eigenvalue weighted by molar-refractivity contribution is 0.270. The quantitative estimate of drug-likeness (QED) is 0.882. The van der Waals surface area contributed by atoms with Gasteiger partial charge in [0, 0.05) is 10.9 Å². The molecule has 1 saturated carbocycles. The molecule has 0 radical (unpaired) electrons. The zero-order valence-electron chi connectivity index (χ0n) is 9.31. The zero-order chi connectivity index (χ0) is 12.6. The molecule has 1 fully saturated rings. The summed E-state index contributed by atoms with van der Waals surface area (Å²) in [6.45, 7) is 1.97. The van der Waals surface area contributed by atoms with Crippen molar-refractivity contribution in [3.05, 3.63) is 14.7 Å². The molecule has 1 aliphatic carbocycles. The molecule has 0 saturated heterocycles. The Morgan fingerprint density at radius 1 is 1.59 bits per heavy atom. The van der Waals surface area contributed by atoms with Crippen LogP contribution in [-0.4, -0.2) is 19.6 Å². The molecule has 0 aromatic carbocycles. The Morgan fingerprint density at radius 2 is 2.24 bits per heavy atom. The van der Waals surface area contributed by atoms with Gasteiger partial charge in [0.1, 0.15) is 4.90 Å². The normalized spacial score (nSPS) is 24.6. The minimum absolute atomic E-state index is 0.0550. The molecule has 96 valence electrons. The Kier molecular flexibility index (Phi) is 3.94. The van der Waals surface area contributed by atoms with Gasteiger partial charge in [-0.05, 0) is 40.8 Å². The van der Waals surface area contributed by atoms with Crippen LogP contribution >= 0.6 is 27.3 Å². The van der Waals surface area contributed by atoms with Crippen LogP contribution in [0.5, 0.6) is 0 Å². The molecule has 0 amide bonds. The van der Waals surface area contributed by atoms with Crippen LogP contribution < -0.4 is 4.72 Å². The first kappa shape index (κ1) is 13.5. The van der Waals surface area contributed by atoms with Crippen LogP contribution in [0.4, 0.5) is 0 Å². The van der Waals surface area contributed by atoms with Crippen molar-refractivity contribution in [3.8, 4) is 0 Å². The number of thiophene rings is 1. The average Bonchev–Trinajstić information content (AvgIpc) is 2.58. The van der Waals surface area contributed by atoms with E-state index in [0.717, 1.165) is 12.8 Å². The highest BCUT2D eigenvalue weighted by Gasteiger charge is 2.31. The van der Waals surface area contributed by atoms with Crippen LogP contribution in [0.2, 0.25) is 0 Å². The summed E-state index contributed by atoms with van der Waals surface area (Å²) in [6, 6.07) is 1.57. The second kappa shape index (κ2) is 4.97. The van der Waals surface area contributed by atoms with Gasteiger partial charge < -0.3 is 5.11 Å². The SMILES string of the molecule is CC1CC(NS(=O)(=O)c2cc(CO)sc2Br)C1. The van der Waals surface area contributed by atoms with E-state index < -0.39 is 10.0 Å². The predicted octanol–water partition coefficient (Wildman–Crippen LogP) is 2.08. The van der Waals surface area contributed by atoms with Crippen molar-refractivity contribution in [2.45, 2.75) is 37.3 Å². The molecule has 2 N–H and O–H groups in total. The highest BCUT2D eigenvalue weighted by Crippen LogP contribution is 2.33. The van der Waals surface area contributed by atoms with Gasteiger partial charge in [0.05, 0.1) is 10.4 Å². The van der Waals surface area contributed by atoms with Crippen molar-refractivity contribution in [1.29, 1.82) is 0 Å². The standard InChI is InChI=1S/C10H14BrNO3S2/c1-6-2-7(3-6)12-17(14,15)9-4-8(5-13)16-10(9)11/h4,6-7,12-13H,2-3,5H2,1H3. The smallest absolute Gasteiger partial charge is 0.242 e. The first-order chi connectivity index (χ1) is 7.92. The predicted molar refractivity (Wildman–Crippen MR) is 70.4 cm³/mol. The highest BCUT2D eigenvalue weighted by atomic mass is 79.9.